The lowest BCUT2D eigenvalue weighted by Gasteiger charge is -2.08. The fourth-order valence-corrected chi connectivity index (χ4v) is 2.65. The van der Waals surface area contributed by atoms with E-state index >= 15 is 0 Å². The van der Waals surface area contributed by atoms with Crippen molar-refractivity contribution in [1.82, 2.24) is 10.2 Å². The number of phenols is 1. The van der Waals surface area contributed by atoms with Crippen LogP contribution in [-0.4, -0.2) is 40.3 Å². The second kappa shape index (κ2) is 6.04. The van der Waals surface area contributed by atoms with E-state index in [0.717, 1.165) is 18.3 Å². The average molecular weight is 340 g/mol. The summed E-state index contributed by atoms with van der Waals surface area (Å²) in [5, 5.41) is 28.3. The molecule has 0 saturated carbocycles. The summed E-state index contributed by atoms with van der Waals surface area (Å²) in [6.07, 6.45) is 0.868. The third-order valence-corrected chi connectivity index (χ3v) is 4.73. The number of anilines is 1. The minimum absolute atomic E-state index is 0.0905. The number of aromatic hydroxyl groups is 1. The van der Waals surface area contributed by atoms with Gasteiger partial charge in [0, 0.05) is 0 Å². The monoisotopic (exact) mass is 340 g/mol. The molecule has 0 spiro atoms. The van der Waals surface area contributed by atoms with Crippen molar-refractivity contribution >= 4 is 27.1 Å². The number of nitrogens with zero attached hydrogens (tertiary/aromatic N) is 2. The number of aromatic nitrogens is 2. The predicted molar refractivity (Wildman–Crippen MR) is 79.0 cm³/mol. The SMILES string of the molecule is CCS(=O)(=O)c1ccc(O)c(NC(=O)c2[nH]ncc2[N+](=O)[O-])c1. The van der Waals surface area contributed by atoms with Crippen LogP contribution in [0.2, 0.25) is 0 Å². The van der Waals surface area contributed by atoms with Crippen molar-refractivity contribution in [3.63, 3.8) is 0 Å². The molecule has 1 amide bonds. The van der Waals surface area contributed by atoms with E-state index in [0.29, 0.717) is 0 Å². The van der Waals surface area contributed by atoms with E-state index in [2.05, 4.69) is 15.5 Å². The van der Waals surface area contributed by atoms with Crippen molar-refractivity contribution in [2.45, 2.75) is 11.8 Å². The van der Waals surface area contributed by atoms with Crippen LogP contribution in [0.5, 0.6) is 5.75 Å². The number of carbonyl (C=O) groups is 1. The molecule has 2 aromatic rings. The van der Waals surface area contributed by atoms with Crippen molar-refractivity contribution in [3.05, 3.63) is 40.2 Å². The molecular weight excluding hydrogens is 328 g/mol. The van der Waals surface area contributed by atoms with E-state index < -0.39 is 32.0 Å². The lowest BCUT2D eigenvalue weighted by atomic mass is 10.2. The summed E-state index contributed by atoms with van der Waals surface area (Å²) < 4.78 is 23.6. The molecule has 0 aliphatic heterocycles. The second-order valence-electron chi connectivity index (χ2n) is 4.42. The first-order chi connectivity index (χ1) is 10.8. The van der Waals surface area contributed by atoms with Gasteiger partial charge in [-0.15, -0.1) is 0 Å². The fourth-order valence-electron chi connectivity index (χ4n) is 1.75. The standard InChI is InChI=1S/C12H12N4O6S/c1-2-23(21,22)7-3-4-10(17)8(5-7)14-12(18)11-9(16(19)20)6-13-15-11/h3-6,17H,2H2,1H3,(H,13,15)(H,14,18). The van der Waals surface area contributed by atoms with Crippen molar-refractivity contribution < 1.29 is 23.2 Å². The van der Waals surface area contributed by atoms with Gasteiger partial charge in [-0.25, -0.2) is 8.42 Å². The number of phenolic OH excluding ortho intramolecular Hbond substituents is 1. The lowest BCUT2D eigenvalue weighted by Crippen LogP contribution is -2.15. The molecule has 3 N–H and O–H groups in total. The Morgan fingerprint density at radius 2 is 2.17 bits per heavy atom. The van der Waals surface area contributed by atoms with Crippen molar-refractivity contribution in [2.24, 2.45) is 0 Å². The van der Waals surface area contributed by atoms with Gasteiger partial charge in [0.15, 0.2) is 9.84 Å². The Hall–Kier alpha value is -2.95. The highest BCUT2D eigenvalue weighted by Gasteiger charge is 2.24. The van der Waals surface area contributed by atoms with E-state index in [1.54, 1.807) is 0 Å². The van der Waals surface area contributed by atoms with Crippen LogP contribution in [-0.2, 0) is 9.84 Å². The maximum absolute atomic E-state index is 12.0. The van der Waals surface area contributed by atoms with Crippen LogP contribution in [0.15, 0.2) is 29.3 Å². The molecule has 23 heavy (non-hydrogen) atoms. The van der Waals surface area contributed by atoms with Gasteiger partial charge in [-0.05, 0) is 18.2 Å². The Morgan fingerprint density at radius 3 is 2.78 bits per heavy atom. The Labute approximate surface area is 130 Å². The number of nitro groups is 1. The molecule has 0 aliphatic rings. The van der Waals surface area contributed by atoms with Gasteiger partial charge in [-0.1, -0.05) is 6.92 Å². The molecule has 122 valence electrons. The zero-order chi connectivity index (χ0) is 17.2. The third kappa shape index (κ3) is 3.29. The summed E-state index contributed by atoms with van der Waals surface area (Å²) in [5.74, 6) is -1.47. The number of nitrogens with one attached hydrogen (secondary N) is 2. The zero-order valence-corrected chi connectivity index (χ0v) is 12.6. The van der Waals surface area contributed by atoms with Crippen molar-refractivity contribution in [3.8, 4) is 5.75 Å². The summed E-state index contributed by atoms with van der Waals surface area (Å²) in [6, 6.07) is 3.39. The minimum Gasteiger partial charge on any atom is -0.506 e. The van der Waals surface area contributed by atoms with Gasteiger partial charge in [0.1, 0.15) is 11.9 Å². The molecule has 1 aromatic heterocycles. The van der Waals surface area contributed by atoms with Gasteiger partial charge >= 0.3 is 5.69 Å². The van der Waals surface area contributed by atoms with Gasteiger partial charge in [0.25, 0.3) is 5.91 Å². The molecule has 1 aromatic carbocycles. The van der Waals surface area contributed by atoms with Crippen molar-refractivity contribution in [1.29, 1.82) is 0 Å². The molecule has 0 atom stereocenters. The number of hydrogen-bond acceptors (Lipinski definition) is 7. The van der Waals surface area contributed by atoms with E-state index in [1.807, 2.05) is 0 Å². The highest BCUT2D eigenvalue weighted by Crippen LogP contribution is 2.28. The summed E-state index contributed by atoms with van der Waals surface area (Å²) in [4.78, 5) is 21.9. The molecule has 0 saturated heterocycles. The molecule has 0 aliphatic carbocycles. The third-order valence-electron chi connectivity index (χ3n) is 3.00. The summed E-state index contributed by atoms with van der Waals surface area (Å²) >= 11 is 0. The molecule has 0 bridgehead atoms. The van der Waals surface area contributed by atoms with Crippen LogP contribution >= 0.6 is 0 Å². The molecule has 0 radical (unpaired) electrons. The topological polar surface area (TPSA) is 155 Å². The molecule has 2 rings (SSSR count). The van der Waals surface area contributed by atoms with Crippen LogP contribution < -0.4 is 5.32 Å². The Balaban J connectivity index is 2.36. The Morgan fingerprint density at radius 1 is 1.48 bits per heavy atom. The molecule has 11 heteroatoms. The smallest absolute Gasteiger partial charge is 0.319 e. The molecule has 0 fully saturated rings. The first kappa shape index (κ1) is 16.4. The number of hydrogen-bond donors (Lipinski definition) is 3. The number of amides is 1. The minimum atomic E-state index is -3.54. The number of sulfone groups is 1. The van der Waals surface area contributed by atoms with Gasteiger partial charge in [0.2, 0.25) is 5.69 Å². The van der Waals surface area contributed by atoms with Crippen LogP contribution in [0, 0.1) is 10.1 Å². The quantitative estimate of drug-likeness (QED) is 0.417. The van der Waals surface area contributed by atoms with E-state index in [-0.39, 0.29) is 22.1 Å². The van der Waals surface area contributed by atoms with E-state index in [9.17, 15) is 28.4 Å². The van der Waals surface area contributed by atoms with Gasteiger partial charge in [-0.3, -0.25) is 20.0 Å². The van der Waals surface area contributed by atoms with E-state index in [4.69, 9.17) is 0 Å². The maximum Gasteiger partial charge on any atom is 0.319 e. The average Bonchev–Trinajstić information content (AvgIpc) is 2.99. The van der Waals surface area contributed by atoms with Crippen molar-refractivity contribution in [2.75, 3.05) is 11.1 Å². The number of aromatic amines is 1. The summed E-state index contributed by atoms with van der Waals surface area (Å²) in [7, 11) is -3.54. The first-order valence-electron chi connectivity index (χ1n) is 6.31. The Kier molecular flexibility index (Phi) is 4.31. The molecular formula is C12H12N4O6S. The van der Waals surface area contributed by atoms with E-state index in [1.165, 1.54) is 13.0 Å². The largest absolute Gasteiger partial charge is 0.506 e. The first-order valence-corrected chi connectivity index (χ1v) is 7.96. The second-order valence-corrected chi connectivity index (χ2v) is 6.70. The molecule has 10 nitrogen and oxygen atoms in total. The normalized spacial score (nSPS) is 11.2. The lowest BCUT2D eigenvalue weighted by molar-refractivity contribution is -0.385. The maximum atomic E-state index is 12.0. The van der Waals surface area contributed by atoms with Gasteiger partial charge < -0.3 is 10.4 Å². The zero-order valence-electron chi connectivity index (χ0n) is 11.8. The van der Waals surface area contributed by atoms with Crippen LogP contribution in [0.1, 0.15) is 17.4 Å². The number of H-pyrrole nitrogens is 1. The van der Waals surface area contributed by atoms with Gasteiger partial charge in [0.05, 0.1) is 21.3 Å². The molecule has 0 unspecified atom stereocenters. The summed E-state index contributed by atoms with van der Waals surface area (Å²) in [5.41, 5.74) is -1.15. The van der Waals surface area contributed by atoms with Crippen LogP contribution in [0.3, 0.4) is 0 Å². The van der Waals surface area contributed by atoms with Crippen LogP contribution in [0.4, 0.5) is 11.4 Å². The number of rotatable bonds is 5. The summed E-state index contributed by atoms with van der Waals surface area (Å²) in [6.45, 7) is 1.45. The van der Waals surface area contributed by atoms with Crippen LogP contribution in [0.25, 0.3) is 0 Å². The van der Waals surface area contributed by atoms with Gasteiger partial charge in [-0.2, -0.15) is 5.10 Å². The Bertz CT molecular complexity index is 873. The highest BCUT2D eigenvalue weighted by atomic mass is 32.2. The fraction of sp³-hybridized carbons (Fsp3) is 0.167. The predicted octanol–water partition coefficient (Wildman–Crippen LogP) is 1.07. The number of benzene rings is 1. The molecule has 1 heterocycles. The number of carbonyl (C=O) groups excluding carboxylic acids is 1. The highest BCUT2D eigenvalue weighted by molar-refractivity contribution is 7.91.